The van der Waals surface area contributed by atoms with Gasteiger partial charge in [0.2, 0.25) is 11.7 Å². The first-order valence-corrected chi connectivity index (χ1v) is 8.49. The lowest BCUT2D eigenvalue weighted by molar-refractivity contribution is -0.118. The van der Waals surface area contributed by atoms with Crippen molar-refractivity contribution in [1.29, 1.82) is 0 Å². The van der Waals surface area contributed by atoms with Crippen LogP contribution in [0.15, 0.2) is 36.4 Å². The summed E-state index contributed by atoms with van der Waals surface area (Å²) in [5, 5.41) is 2.70. The summed E-state index contributed by atoms with van der Waals surface area (Å²) in [4.78, 5) is 36.4. The van der Waals surface area contributed by atoms with Gasteiger partial charge in [0.25, 0.3) is 0 Å². The first kappa shape index (κ1) is 18.7. The Morgan fingerprint density at radius 3 is 2.44 bits per heavy atom. The molecule has 0 atom stereocenters. The molecular formula is C18H19NO5S. The van der Waals surface area contributed by atoms with Crippen molar-refractivity contribution in [3.63, 3.8) is 0 Å². The number of ketones is 1. The summed E-state index contributed by atoms with van der Waals surface area (Å²) in [6, 6.07) is 10.0. The zero-order chi connectivity index (χ0) is 18.2. The topological polar surface area (TPSA) is 81.7 Å². The Morgan fingerprint density at radius 1 is 1.08 bits per heavy atom. The molecule has 0 spiro atoms. The molecule has 132 valence electrons. The molecule has 0 saturated carbocycles. The van der Waals surface area contributed by atoms with Crippen LogP contribution in [0.4, 0.5) is 0 Å². The molecule has 0 bridgehead atoms. The van der Waals surface area contributed by atoms with Crippen LogP contribution >= 0.6 is 11.3 Å². The average molecular weight is 361 g/mol. The number of hydrogen-bond acceptors (Lipinski definition) is 6. The maximum absolute atomic E-state index is 12.1. The number of esters is 1. The second-order valence-electron chi connectivity index (χ2n) is 5.23. The van der Waals surface area contributed by atoms with Crippen LogP contribution in [-0.2, 0) is 16.0 Å². The molecule has 1 N–H and O–H groups in total. The van der Waals surface area contributed by atoms with Gasteiger partial charge in [0, 0.05) is 18.3 Å². The number of rotatable bonds is 8. The Morgan fingerprint density at radius 2 is 1.80 bits per heavy atom. The van der Waals surface area contributed by atoms with Gasteiger partial charge in [0.1, 0.15) is 5.75 Å². The van der Waals surface area contributed by atoms with Gasteiger partial charge in [-0.25, -0.2) is 4.79 Å². The van der Waals surface area contributed by atoms with Crippen LogP contribution in [0.2, 0.25) is 0 Å². The Bertz CT molecular complexity index is 751. The fraction of sp³-hybridized carbons (Fsp3) is 0.278. The lowest BCUT2D eigenvalue weighted by atomic mass is 10.2. The summed E-state index contributed by atoms with van der Waals surface area (Å²) in [6.45, 7) is 1.67. The molecule has 0 fully saturated rings. The predicted molar refractivity (Wildman–Crippen MR) is 94.3 cm³/mol. The molecule has 1 amide bonds. The Hall–Kier alpha value is -2.67. The van der Waals surface area contributed by atoms with Crippen LogP contribution in [0.5, 0.6) is 5.75 Å². The number of ether oxygens (including phenoxy) is 2. The molecule has 0 aliphatic rings. The molecule has 1 aromatic carbocycles. The maximum atomic E-state index is 12.1. The fourth-order valence-corrected chi connectivity index (χ4v) is 2.97. The molecule has 0 unspecified atom stereocenters. The number of hydrogen-bond donors (Lipinski definition) is 1. The highest BCUT2D eigenvalue weighted by Crippen LogP contribution is 2.18. The monoisotopic (exact) mass is 361 g/mol. The van der Waals surface area contributed by atoms with E-state index in [9.17, 15) is 14.4 Å². The van der Waals surface area contributed by atoms with Gasteiger partial charge in [0.15, 0.2) is 6.61 Å². The van der Waals surface area contributed by atoms with Gasteiger partial charge in [-0.1, -0.05) is 0 Å². The molecule has 0 aliphatic carbocycles. The van der Waals surface area contributed by atoms with E-state index < -0.39 is 5.97 Å². The number of carbonyl (C=O) groups excluding carboxylic acids is 3. The van der Waals surface area contributed by atoms with Crippen molar-refractivity contribution in [3.05, 3.63) is 51.7 Å². The van der Waals surface area contributed by atoms with Crippen LogP contribution in [-0.4, -0.2) is 37.9 Å². The second kappa shape index (κ2) is 8.98. The number of carbonyl (C=O) groups is 3. The normalized spacial score (nSPS) is 10.2. The lowest BCUT2D eigenvalue weighted by Crippen LogP contribution is -2.22. The fourth-order valence-electron chi connectivity index (χ4n) is 2.04. The van der Waals surface area contributed by atoms with E-state index in [1.165, 1.54) is 25.4 Å². The van der Waals surface area contributed by atoms with Crippen LogP contribution in [0.1, 0.15) is 31.8 Å². The number of methoxy groups -OCH3 is 1. The molecule has 2 rings (SSSR count). The van der Waals surface area contributed by atoms with E-state index in [4.69, 9.17) is 9.47 Å². The minimum Gasteiger partial charge on any atom is -0.497 e. The van der Waals surface area contributed by atoms with Crippen LogP contribution in [0.3, 0.4) is 0 Å². The maximum Gasteiger partial charge on any atom is 0.338 e. The summed E-state index contributed by atoms with van der Waals surface area (Å²) in [7, 11) is 1.54. The quantitative estimate of drug-likeness (QED) is 0.577. The third-order valence-corrected chi connectivity index (χ3v) is 4.53. The van der Waals surface area contributed by atoms with E-state index >= 15 is 0 Å². The highest BCUT2D eigenvalue weighted by Gasteiger charge is 2.14. The Balaban J connectivity index is 1.84. The van der Waals surface area contributed by atoms with Crippen molar-refractivity contribution in [3.8, 4) is 5.75 Å². The summed E-state index contributed by atoms with van der Waals surface area (Å²) >= 11 is 1.34. The minimum absolute atomic E-state index is 0.0849. The number of thiophene rings is 1. The van der Waals surface area contributed by atoms with Crippen LogP contribution in [0.25, 0.3) is 0 Å². The molecule has 6 nitrogen and oxygen atoms in total. The van der Waals surface area contributed by atoms with Crippen molar-refractivity contribution in [2.45, 2.75) is 13.3 Å². The zero-order valence-electron chi connectivity index (χ0n) is 14.0. The Labute approximate surface area is 149 Å². The minimum atomic E-state index is -0.557. The van der Waals surface area contributed by atoms with Gasteiger partial charge in [-0.2, -0.15) is 0 Å². The lowest BCUT2D eigenvalue weighted by Gasteiger charge is -2.04. The largest absolute Gasteiger partial charge is 0.497 e. The highest BCUT2D eigenvalue weighted by atomic mass is 32.1. The highest BCUT2D eigenvalue weighted by molar-refractivity contribution is 7.14. The zero-order valence-corrected chi connectivity index (χ0v) is 14.9. The molecule has 1 aromatic heterocycles. The van der Waals surface area contributed by atoms with E-state index in [1.54, 1.807) is 30.3 Å². The van der Waals surface area contributed by atoms with E-state index in [2.05, 4.69) is 5.32 Å². The molecule has 0 radical (unpaired) electrons. The van der Waals surface area contributed by atoms with Crippen LogP contribution < -0.4 is 10.1 Å². The number of nitrogens with one attached hydrogen (secondary N) is 1. The van der Waals surface area contributed by atoms with E-state index in [0.29, 0.717) is 29.2 Å². The molecule has 0 aliphatic heterocycles. The van der Waals surface area contributed by atoms with E-state index in [1.807, 2.05) is 6.07 Å². The first-order chi connectivity index (χ1) is 12.0. The van der Waals surface area contributed by atoms with Gasteiger partial charge < -0.3 is 14.8 Å². The van der Waals surface area contributed by atoms with Gasteiger partial charge in [-0.15, -0.1) is 11.3 Å². The van der Waals surface area contributed by atoms with Gasteiger partial charge in [-0.05, 0) is 42.8 Å². The molecule has 25 heavy (non-hydrogen) atoms. The third-order valence-electron chi connectivity index (χ3n) is 3.34. The summed E-state index contributed by atoms with van der Waals surface area (Å²) in [6.07, 6.45) is 0.656. The standard InChI is InChI=1S/C18H19NO5S/c1-12(20)19-10-9-15-7-8-17(25-15)16(21)11-24-18(22)13-3-5-14(23-2)6-4-13/h3-8H,9-11H2,1-2H3,(H,19,20). The summed E-state index contributed by atoms with van der Waals surface area (Å²) in [5.74, 6) is -0.257. The molecule has 1 heterocycles. The van der Waals surface area contributed by atoms with Crippen molar-refractivity contribution in [2.75, 3.05) is 20.3 Å². The first-order valence-electron chi connectivity index (χ1n) is 7.67. The average Bonchev–Trinajstić information content (AvgIpc) is 3.08. The summed E-state index contributed by atoms with van der Waals surface area (Å²) in [5.41, 5.74) is 0.357. The molecule has 7 heteroatoms. The number of benzene rings is 1. The van der Waals surface area contributed by atoms with Gasteiger partial charge in [0.05, 0.1) is 17.6 Å². The van der Waals surface area contributed by atoms with Crippen LogP contribution in [0, 0.1) is 0 Å². The van der Waals surface area contributed by atoms with Crippen molar-refractivity contribution in [2.24, 2.45) is 0 Å². The SMILES string of the molecule is COc1ccc(C(=O)OCC(=O)c2ccc(CCNC(C)=O)s2)cc1. The van der Waals surface area contributed by atoms with Gasteiger partial charge in [-0.3, -0.25) is 9.59 Å². The predicted octanol–water partition coefficient (Wildman–Crippen LogP) is 2.48. The van der Waals surface area contributed by atoms with Crippen molar-refractivity contribution in [1.82, 2.24) is 5.32 Å². The number of amides is 1. The molecule has 2 aromatic rings. The summed E-state index contributed by atoms with van der Waals surface area (Å²) < 4.78 is 10.1. The van der Waals surface area contributed by atoms with E-state index in [-0.39, 0.29) is 18.3 Å². The van der Waals surface area contributed by atoms with Crippen molar-refractivity contribution >= 4 is 29.0 Å². The Kier molecular flexibility index (Phi) is 6.71. The van der Waals surface area contributed by atoms with E-state index in [0.717, 1.165) is 4.88 Å². The molecule has 0 saturated heterocycles. The van der Waals surface area contributed by atoms with Crippen molar-refractivity contribution < 1.29 is 23.9 Å². The third kappa shape index (κ3) is 5.72. The number of Topliss-reactive ketones (excluding diaryl/α,β-unsaturated/α-hetero) is 1. The second-order valence-corrected chi connectivity index (χ2v) is 6.40. The smallest absolute Gasteiger partial charge is 0.338 e. The van der Waals surface area contributed by atoms with Gasteiger partial charge >= 0.3 is 5.97 Å². The molecular weight excluding hydrogens is 342 g/mol.